The zero-order valence-corrected chi connectivity index (χ0v) is 14.6. The van der Waals surface area contributed by atoms with Crippen LogP contribution in [0.15, 0.2) is 41.2 Å². The van der Waals surface area contributed by atoms with E-state index in [0.717, 1.165) is 17.5 Å². The quantitative estimate of drug-likeness (QED) is 0.696. The fraction of sp³-hybridized carbons (Fsp3) is 0.278. The van der Waals surface area contributed by atoms with Gasteiger partial charge >= 0.3 is 0 Å². The largest absolute Gasteiger partial charge is 0.472 e. The summed E-state index contributed by atoms with van der Waals surface area (Å²) in [6, 6.07) is 6.90. The molecule has 0 aliphatic carbocycles. The Balaban J connectivity index is 1.68. The van der Waals surface area contributed by atoms with E-state index in [1.807, 2.05) is 26.0 Å². The van der Waals surface area contributed by atoms with Crippen LogP contribution >= 0.6 is 0 Å². The molecule has 8 heteroatoms. The lowest BCUT2D eigenvalue weighted by Crippen LogP contribution is -2.25. The summed E-state index contributed by atoms with van der Waals surface area (Å²) in [5.74, 6) is 0.736. The zero-order valence-electron chi connectivity index (χ0n) is 14.6. The van der Waals surface area contributed by atoms with Crippen LogP contribution in [0, 0.1) is 6.92 Å². The Morgan fingerprint density at radius 3 is 2.69 bits per heavy atom. The standard InChI is InChI=1S/C18H19N5O3/c1-3-8-20-18(24)15-4-5-16(22-21-15)25-11-14-12(2)26-23-17(14)13-6-9-19-10-7-13/h4-7,9-10H,3,8,11H2,1-2H3,(H,20,24). The SMILES string of the molecule is CCCNC(=O)c1ccc(OCc2c(-c3ccncc3)noc2C)nn1. The number of rotatable bonds is 7. The van der Waals surface area contributed by atoms with Crippen LogP contribution in [0.1, 0.15) is 35.2 Å². The Labute approximate surface area is 150 Å². The van der Waals surface area contributed by atoms with Crippen molar-refractivity contribution in [2.24, 2.45) is 0 Å². The molecule has 134 valence electrons. The van der Waals surface area contributed by atoms with Gasteiger partial charge in [-0.15, -0.1) is 10.2 Å². The van der Waals surface area contributed by atoms with Crippen molar-refractivity contribution in [3.05, 3.63) is 53.7 Å². The lowest BCUT2D eigenvalue weighted by molar-refractivity contribution is 0.0947. The number of nitrogens with one attached hydrogen (secondary N) is 1. The second-order valence-corrected chi connectivity index (χ2v) is 5.60. The summed E-state index contributed by atoms with van der Waals surface area (Å²) in [6.07, 6.45) is 4.24. The van der Waals surface area contributed by atoms with Crippen LogP contribution in [-0.2, 0) is 6.61 Å². The van der Waals surface area contributed by atoms with Gasteiger partial charge in [-0.1, -0.05) is 12.1 Å². The first-order chi connectivity index (χ1) is 12.7. The minimum absolute atomic E-state index is 0.225. The molecule has 0 unspecified atom stereocenters. The number of amides is 1. The summed E-state index contributed by atoms with van der Waals surface area (Å²) in [5.41, 5.74) is 2.67. The molecule has 26 heavy (non-hydrogen) atoms. The van der Waals surface area contributed by atoms with Gasteiger partial charge in [0, 0.05) is 30.6 Å². The highest BCUT2D eigenvalue weighted by atomic mass is 16.5. The Bertz CT molecular complexity index is 862. The minimum Gasteiger partial charge on any atom is -0.472 e. The normalized spacial score (nSPS) is 10.5. The van der Waals surface area contributed by atoms with Crippen LogP contribution in [0.25, 0.3) is 11.3 Å². The maximum Gasteiger partial charge on any atom is 0.271 e. The number of pyridine rings is 1. The molecule has 3 heterocycles. The number of carbonyl (C=O) groups excluding carboxylic acids is 1. The summed E-state index contributed by atoms with van der Waals surface area (Å²) in [4.78, 5) is 15.8. The van der Waals surface area contributed by atoms with Crippen LogP contribution in [-0.4, -0.2) is 32.8 Å². The molecule has 0 aromatic carbocycles. The number of aromatic nitrogens is 4. The van der Waals surface area contributed by atoms with Gasteiger partial charge in [-0.05, 0) is 31.5 Å². The lowest BCUT2D eigenvalue weighted by Gasteiger charge is -2.06. The number of hydrogen-bond acceptors (Lipinski definition) is 7. The first-order valence-electron chi connectivity index (χ1n) is 8.29. The number of ether oxygens (including phenoxy) is 1. The van der Waals surface area contributed by atoms with Crippen LogP contribution in [0.5, 0.6) is 5.88 Å². The summed E-state index contributed by atoms with van der Waals surface area (Å²) < 4.78 is 11.0. The molecule has 8 nitrogen and oxygen atoms in total. The third-order valence-electron chi connectivity index (χ3n) is 3.71. The van der Waals surface area contributed by atoms with E-state index in [4.69, 9.17) is 9.26 Å². The van der Waals surface area contributed by atoms with Gasteiger partial charge in [0.25, 0.3) is 5.91 Å². The van der Waals surface area contributed by atoms with Gasteiger partial charge in [-0.3, -0.25) is 9.78 Å². The number of hydrogen-bond donors (Lipinski definition) is 1. The van der Waals surface area contributed by atoms with E-state index in [2.05, 4.69) is 25.7 Å². The van der Waals surface area contributed by atoms with Gasteiger partial charge in [-0.2, -0.15) is 0 Å². The molecule has 0 aliphatic rings. The van der Waals surface area contributed by atoms with Crippen molar-refractivity contribution >= 4 is 5.91 Å². The van der Waals surface area contributed by atoms with Crippen LogP contribution in [0.2, 0.25) is 0 Å². The van der Waals surface area contributed by atoms with Crippen molar-refractivity contribution in [1.29, 1.82) is 0 Å². The average molecular weight is 353 g/mol. The van der Waals surface area contributed by atoms with E-state index >= 15 is 0 Å². The predicted octanol–water partition coefficient (Wildman–Crippen LogP) is 2.55. The molecule has 0 aliphatic heterocycles. The van der Waals surface area contributed by atoms with E-state index in [1.165, 1.54) is 0 Å². The molecule has 3 aromatic heterocycles. The third-order valence-corrected chi connectivity index (χ3v) is 3.71. The molecule has 0 fully saturated rings. The van der Waals surface area contributed by atoms with Gasteiger partial charge in [0.1, 0.15) is 18.1 Å². The second-order valence-electron chi connectivity index (χ2n) is 5.60. The van der Waals surface area contributed by atoms with Gasteiger partial charge in [-0.25, -0.2) is 0 Å². The maximum absolute atomic E-state index is 11.8. The first-order valence-corrected chi connectivity index (χ1v) is 8.29. The molecule has 0 saturated carbocycles. The van der Waals surface area contributed by atoms with Crippen molar-refractivity contribution in [2.45, 2.75) is 26.9 Å². The number of aryl methyl sites for hydroxylation is 1. The zero-order chi connectivity index (χ0) is 18.4. The van der Waals surface area contributed by atoms with E-state index in [-0.39, 0.29) is 18.2 Å². The molecule has 0 bridgehead atoms. The highest BCUT2D eigenvalue weighted by molar-refractivity contribution is 5.92. The second kappa shape index (κ2) is 8.19. The summed E-state index contributed by atoms with van der Waals surface area (Å²) >= 11 is 0. The van der Waals surface area contributed by atoms with Gasteiger partial charge in [0.2, 0.25) is 5.88 Å². The van der Waals surface area contributed by atoms with Crippen LogP contribution in [0.4, 0.5) is 0 Å². The molecule has 3 aromatic rings. The average Bonchev–Trinajstić information content (AvgIpc) is 3.06. The van der Waals surface area contributed by atoms with E-state index in [0.29, 0.717) is 23.9 Å². The maximum atomic E-state index is 11.8. The third kappa shape index (κ3) is 4.02. The van der Waals surface area contributed by atoms with Crippen molar-refractivity contribution < 1.29 is 14.1 Å². The molecule has 0 radical (unpaired) electrons. The Kier molecular flexibility index (Phi) is 5.52. The summed E-state index contributed by atoms with van der Waals surface area (Å²) in [6.45, 7) is 4.63. The highest BCUT2D eigenvalue weighted by Crippen LogP contribution is 2.25. The van der Waals surface area contributed by atoms with Gasteiger partial charge in [0.15, 0.2) is 5.69 Å². The molecule has 3 rings (SSSR count). The number of carbonyl (C=O) groups is 1. The molecular weight excluding hydrogens is 334 g/mol. The molecule has 1 amide bonds. The molecule has 0 spiro atoms. The molecule has 0 atom stereocenters. The minimum atomic E-state index is -0.249. The van der Waals surface area contributed by atoms with Crippen molar-refractivity contribution in [2.75, 3.05) is 6.54 Å². The summed E-state index contributed by atoms with van der Waals surface area (Å²) in [7, 11) is 0. The lowest BCUT2D eigenvalue weighted by atomic mass is 10.1. The fourth-order valence-electron chi connectivity index (χ4n) is 2.29. The molecule has 0 saturated heterocycles. The fourth-order valence-corrected chi connectivity index (χ4v) is 2.29. The molecular formula is C18H19N5O3. The van der Waals surface area contributed by atoms with E-state index < -0.39 is 0 Å². The van der Waals surface area contributed by atoms with E-state index in [9.17, 15) is 4.79 Å². The Hall–Kier alpha value is -3.29. The summed E-state index contributed by atoms with van der Waals surface area (Å²) in [5, 5.41) is 14.7. The van der Waals surface area contributed by atoms with Gasteiger partial charge < -0.3 is 14.6 Å². The number of nitrogens with zero attached hydrogens (tertiary/aromatic N) is 4. The topological polar surface area (TPSA) is 103 Å². The van der Waals surface area contributed by atoms with Crippen molar-refractivity contribution in [3.63, 3.8) is 0 Å². The van der Waals surface area contributed by atoms with Crippen LogP contribution in [0.3, 0.4) is 0 Å². The predicted molar refractivity (Wildman–Crippen MR) is 93.5 cm³/mol. The molecule has 1 N–H and O–H groups in total. The highest BCUT2D eigenvalue weighted by Gasteiger charge is 2.16. The Morgan fingerprint density at radius 1 is 1.19 bits per heavy atom. The van der Waals surface area contributed by atoms with E-state index in [1.54, 1.807) is 24.5 Å². The van der Waals surface area contributed by atoms with Crippen molar-refractivity contribution in [1.82, 2.24) is 25.7 Å². The van der Waals surface area contributed by atoms with Gasteiger partial charge in [0.05, 0.1) is 5.56 Å². The first kappa shape index (κ1) is 17.5. The smallest absolute Gasteiger partial charge is 0.271 e. The Morgan fingerprint density at radius 2 is 2.00 bits per heavy atom. The van der Waals surface area contributed by atoms with Crippen LogP contribution < -0.4 is 10.1 Å². The van der Waals surface area contributed by atoms with Crippen molar-refractivity contribution in [3.8, 4) is 17.1 Å². The monoisotopic (exact) mass is 353 g/mol.